The first-order valence-corrected chi connectivity index (χ1v) is 9.51. The molecular formula is C21H21N5O5. The fraction of sp³-hybridized carbons (Fsp3) is 0.238. The molecule has 0 bridgehead atoms. The summed E-state index contributed by atoms with van der Waals surface area (Å²) in [5.41, 5.74) is 1.42. The lowest BCUT2D eigenvalue weighted by Gasteiger charge is -2.24. The first kappa shape index (κ1) is 20.2. The Kier molecular flexibility index (Phi) is 5.69. The third-order valence-electron chi connectivity index (χ3n) is 4.78. The molecule has 1 atom stereocenters. The van der Waals surface area contributed by atoms with Crippen LogP contribution in [0.15, 0.2) is 48.8 Å². The van der Waals surface area contributed by atoms with E-state index in [0.29, 0.717) is 28.9 Å². The van der Waals surface area contributed by atoms with Crippen LogP contribution in [0.1, 0.15) is 18.0 Å². The third kappa shape index (κ3) is 4.42. The van der Waals surface area contributed by atoms with E-state index in [0.717, 1.165) is 5.56 Å². The molecule has 0 aliphatic carbocycles. The van der Waals surface area contributed by atoms with Gasteiger partial charge in [-0.25, -0.2) is 4.68 Å². The van der Waals surface area contributed by atoms with Crippen molar-refractivity contribution in [2.75, 3.05) is 31.5 Å². The topological polar surface area (TPSA) is 117 Å². The molecule has 3 aromatic rings. The maximum absolute atomic E-state index is 12.3. The van der Waals surface area contributed by atoms with Gasteiger partial charge in [-0.05, 0) is 29.8 Å². The highest BCUT2D eigenvalue weighted by molar-refractivity contribution is 5.92. The van der Waals surface area contributed by atoms with Crippen LogP contribution in [0.2, 0.25) is 0 Å². The van der Waals surface area contributed by atoms with Crippen molar-refractivity contribution in [1.29, 1.82) is 0 Å². The van der Waals surface area contributed by atoms with E-state index >= 15 is 0 Å². The number of ether oxygens (including phenoxy) is 3. The number of rotatable bonds is 7. The van der Waals surface area contributed by atoms with Crippen molar-refractivity contribution in [3.05, 3.63) is 54.4 Å². The second kappa shape index (κ2) is 8.74. The Bertz CT molecular complexity index is 1110. The smallest absolute Gasteiger partial charge is 0.262 e. The average molecular weight is 423 g/mol. The van der Waals surface area contributed by atoms with Gasteiger partial charge in [0.25, 0.3) is 5.91 Å². The lowest BCUT2D eigenvalue weighted by atomic mass is 10.0. The van der Waals surface area contributed by atoms with E-state index in [1.807, 2.05) is 6.07 Å². The number of carbonyl (C=O) groups excluding carboxylic acids is 2. The molecule has 0 saturated carbocycles. The van der Waals surface area contributed by atoms with Gasteiger partial charge in [0.15, 0.2) is 18.1 Å². The van der Waals surface area contributed by atoms with Gasteiger partial charge in [-0.15, -0.1) is 0 Å². The molecule has 2 amide bonds. The summed E-state index contributed by atoms with van der Waals surface area (Å²) in [4.78, 5) is 28.3. The number of nitrogens with one attached hydrogen (secondary N) is 2. The van der Waals surface area contributed by atoms with Gasteiger partial charge in [0.05, 0.1) is 26.7 Å². The number of anilines is 2. The minimum Gasteiger partial charge on any atom is -0.497 e. The molecule has 2 heterocycles. The first-order chi connectivity index (χ1) is 15.1. The molecule has 2 N–H and O–H groups in total. The molecule has 1 aliphatic heterocycles. The van der Waals surface area contributed by atoms with Crippen LogP contribution in [0, 0.1) is 0 Å². The monoisotopic (exact) mass is 423 g/mol. The van der Waals surface area contributed by atoms with Gasteiger partial charge in [0.1, 0.15) is 12.1 Å². The van der Waals surface area contributed by atoms with Crippen LogP contribution in [-0.2, 0) is 9.59 Å². The summed E-state index contributed by atoms with van der Waals surface area (Å²) in [6.45, 7) is -0.202. The number of hydrogen-bond acceptors (Lipinski definition) is 7. The summed E-state index contributed by atoms with van der Waals surface area (Å²) in [5, 5.41) is 9.63. The minimum atomic E-state index is -0.324. The van der Waals surface area contributed by atoms with E-state index in [2.05, 4.69) is 20.7 Å². The number of carbonyl (C=O) groups is 2. The third-order valence-corrected chi connectivity index (χ3v) is 4.78. The highest BCUT2D eigenvalue weighted by atomic mass is 16.5. The second-order valence-corrected chi connectivity index (χ2v) is 6.78. The van der Waals surface area contributed by atoms with Crippen molar-refractivity contribution in [3.8, 4) is 17.2 Å². The van der Waals surface area contributed by atoms with Gasteiger partial charge in [-0.3, -0.25) is 14.9 Å². The Balaban J connectivity index is 1.45. The van der Waals surface area contributed by atoms with Crippen molar-refractivity contribution in [2.24, 2.45) is 0 Å². The molecular weight excluding hydrogens is 402 g/mol. The number of hydrogen-bond donors (Lipinski definition) is 2. The lowest BCUT2D eigenvalue weighted by molar-refractivity contribution is -0.118. The van der Waals surface area contributed by atoms with Crippen LogP contribution in [0.25, 0.3) is 0 Å². The van der Waals surface area contributed by atoms with Gasteiger partial charge >= 0.3 is 0 Å². The summed E-state index contributed by atoms with van der Waals surface area (Å²) in [6, 6.07) is 12.0. The maximum atomic E-state index is 12.3. The number of amides is 2. The molecule has 0 saturated heterocycles. The van der Waals surface area contributed by atoms with Gasteiger partial charge in [-0.1, -0.05) is 12.1 Å². The zero-order chi connectivity index (χ0) is 21.8. The molecule has 4 rings (SSSR count). The normalized spacial score (nSPS) is 14.9. The summed E-state index contributed by atoms with van der Waals surface area (Å²) in [6.07, 6.45) is 1.62. The Morgan fingerprint density at radius 3 is 2.87 bits per heavy atom. The molecule has 1 aromatic heterocycles. The minimum absolute atomic E-state index is 0.140. The molecule has 0 radical (unpaired) electrons. The molecule has 2 aromatic carbocycles. The lowest BCUT2D eigenvalue weighted by Crippen LogP contribution is -2.29. The number of aromatic nitrogens is 3. The maximum Gasteiger partial charge on any atom is 0.262 e. The first-order valence-electron chi connectivity index (χ1n) is 9.51. The van der Waals surface area contributed by atoms with Crippen LogP contribution in [0.4, 0.5) is 11.6 Å². The fourth-order valence-corrected chi connectivity index (χ4v) is 3.32. The summed E-state index contributed by atoms with van der Waals surface area (Å²) in [7, 11) is 3.07. The quantitative estimate of drug-likeness (QED) is 0.599. The Hall–Kier alpha value is -4.08. The predicted molar refractivity (Wildman–Crippen MR) is 112 cm³/mol. The van der Waals surface area contributed by atoms with Crippen LogP contribution in [0.5, 0.6) is 17.2 Å². The molecule has 160 valence electrons. The van der Waals surface area contributed by atoms with E-state index in [-0.39, 0.29) is 30.9 Å². The number of benzene rings is 2. The molecule has 10 heteroatoms. The number of fused-ring (bicyclic) bond motifs is 1. The SMILES string of the molecule is COc1cccc(NC(=O)COc2ccc(C3CC(=O)Nc4ncnn43)cc2OC)c1. The summed E-state index contributed by atoms with van der Waals surface area (Å²) in [5.74, 6) is 1.43. The van der Waals surface area contributed by atoms with Crippen LogP contribution in [0.3, 0.4) is 0 Å². The van der Waals surface area contributed by atoms with Crippen LogP contribution < -0.4 is 24.8 Å². The van der Waals surface area contributed by atoms with Crippen molar-refractivity contribution < 1.29 is 23.8 Å². The average Bonchev–Trinajstić information content (AvgIpc) is 3.25. The highest BCUT2D eigenvalue weighted by Crippen LogP contribution is 2.35. The zero-order valence-electron chi connectivity index (χ0n) is 17.0. The van der Waals surface area contributed by atoms with Crippen molar-refractivity contribution in [2.45, 2.75) is 12.5 Å². The summed E-state index contributed by atoms with van der Waals surface area (Å²) >= 11 is 0. The van der Waals surface area contributed by atoms with Crippen molar-refractivity contribution >= 4 is 23.5 Å². The molecule has 1 unspecified atom stereocenters. The largest absolute Gasteiger partial charge is 0.497 e. The zero-order valence-corrected chi connectivity index (χ0v) is 17.0. The van der Waals surface area contributed by atoms with E-state index < -0.39 is 0 Å². The molecule has 10 nitrogen and oxygen atoms in total. The van der Waals surface area contributed by atoms with Crippen LogP contribution >= 0.6 is 0 Å². The van der Waals surface area contributed by atoms with Gasteiger partial charge < -0.3 is 19.5 Å². The number of nitrogens with zero attached hydrogens (tertiary/aromatic N) is 3. The van der Waals surface area contributed by atoms with E-state index in [4.69, 9.17) is 14.2 Å². The van der Waals surface area contributed by atoms with E-state index in [9.17, 15) is 9.59 Å². The Morgan fingerprint density at radius 1 is 1.19 bits per heavy atom. The highest BCUT2D eigenvalue weighted by Gasteiger charge is 2.28. The predicted octanol–water partition coefficient (Wildman–Crippen LogP) is 2.24. The Labute approximate surface area is 178 Å². The molecule has 0 spiro atoms. The Morgan fingerprint density at radius 2 is 2.06 bits per heavy atom. The van der Waals surface area contributed by atoms with Crippen LogP contribution in [-0.4, -0.2) is 47.4 Å². The molecule has 1 aliphatic rings. The standard InChI is InChI=1S/C21H21N5O5/c1-29-15-5-3-4-14(9-15)24-20(28)11-31-17-7-6-13(8-18(17)30-2)16-10-19(27)25-21-22-12-23-26(16)21/h3-9,12,16H,10-11H2,1-2H3,(H,24,28)(H,22,23,25,27). The van der Waals surface area contributed by atoms with Gasteiger partial charge in [0.2, 0.25) is 11.9 Å². The van der Waals surface area contributed by atoms with E-state index in [1.54, 1.807) is 48.2 Å². The molecule has 0 fully saturated rings. The van der Waals surface area contributed by atoms with Crippen molar-refractivity contribution in [3.63, 3.8) is 0 Å². The number of methoxy groups -OCH3 is 2. The van der Waals surface area contributed by atoms with Crippen molar-refractivity contribution in [1.82, 2.24) is 14.8 Å². The summed E-state index contributed by atoms with van der Waals surface area (Å²) < 4.78 is 17.9. The second-order valence-electron chi connectivity index (χ2n) is 6.78. The van der Waals surface area contributed by atoms with Gasteiger partial charge in [0, 0.05) is 11.8 Å². The van der Waals surface area contributed by atoms with E-state index in [1.165, 1.54) is 13.4 Å². The fourth-order valence-electron chi connectivity index (χ4n) is 3.32. The van der Waals surface area contributed by atoms with Gasteiger partial charge in [-0.2, -0.15) is 10.1 Å². The molecule has 31 heavy (non-hydrogen) atoms.